The van der Waals surface area contributed by atoms with Crippen molar-refractivity contribution in [2.45, 2.75) is 19.9 Å². The van der Waals surface area contributed by atoms with Crippen LogP contribution in [0.5, 0.6) is 0 Å². The fourth-order valence-corrected chi connectivity index (χ4v) is 3.24. The van der Waals surface area contributed by atoms with Gasteiger partial charge in [0.25, 0.3) is 5.69 Å². The molecule has 4 rings (SSSR count). The van der Waals surface area contributed by atoms with Crippen LogP contribution < -0.4 is 5.32 Å². The summed E-state index contributed by atoms with van der Waals surface area (Å²) in [6.07, 6.45) is 4.26. The maximum Gasteiger partial charge on any atom is 0.295 e. The third kappa shape index (κ3) is 2.68. The summed E-state index contributed by atoms with van der Waals surface area (Å²) in [4.78, 5) is 15.4. The number of fused-ring (bicyclic) bond motifs is 1. The molecule has 7 heteroatoms. The van der Waals surface area contributed by atoms with Crippen LogP contribution in [-0.2, 0) is 13.0 Å². The predicted molar refractivity (Wildman–Crippen MR) is 93.6 cm³/mol. The minimum Gasteiger partial charge on any atom is -0.312 e. The second-order valence-corrected chi connectivity index (χ2v) is 6.10. The van der Waals surface area contributed by atoms with Gasteiger partial charge in [0.05, 0.1) is 16.3 Å². The maximum atomic E-state index is 11.5. The lowest BCUT2D eigenvalue weighted by Crippen LogP contribution is -2.24. The fourth-order valence-electron chi connectivity index (χ4n) is 3.24. The summed E-state index contributed by atoms with van der Waals surface area (Å²) in [7, 11) is 0. The zero-order chi connectivity index (χ0) is 17.4. The monoisotopic (exact) mass is 335 g/mol. The molecular weight excluding hydrogens is 318 g/mol. The van der Waals surface area contributed by atoms with Gasteiger partial charge in [0.1, 0.15) is 5.69 Å². The second kappa shape index (κ2) is 6.10. The molecule has 7 nitrogen and oxygen atoms in total. The fraction of sp³-hybridized carbons (Fsp3) is 0.222. The molecular formula is C18H17N5O2. The molecule has 0 spiro atoms. The summed E-state index contributed by atoms with van der Waals surface area (Å²) < 4.78 is 1.73. The Hall–Kier alpha value is -3.06. The average molecular weight is 335 g/mol. The summed E-state index contributed by atoms with van der Waals surface area (Å²) in [6.45, 7) is 3.37. The van der Waals surface area contributed by atoms with Gasteiger partial charge in [-0.2, -0.15) is 5.10 Å². The highest BCUT2D eigenvalue weighted by atomic mass is 16.6. The number of rotatable bonds is 3. The Labute approximate surface area is 144 Å². The van der Waals surface area contributed by atoms with Gasteiger partial charge in [-0.25, -0.2) is 4.68 Å². The molecule has 3 heterocycles. The van der Waals surface area contributed by atoms with E-state index in [1.54, 1.807) is 29.2 Å². The number of hydrogen-bond donors (Lipinski definition) is 1. The van der Waals surface area contributed by atoms with Gasteiger partial charge >= 0.3 is 0 Å². The summed E-state index contributed by atoms with van der Waals surface area (Å²) in [5.41, 5.74) is 5.26. The van der Waals surface area contributed by atoms with Gasteiger partial charge in [-0.3, -0.25) is 15.1 Å². The number of nitro groups is 1. The van der Waals surface area contributed by atoms with Crippen molar-refractivity contribution in [2.75, 3.05) is 6.54 Å². The van der Waals surface area contributed by atoms with Crippen molar-refractivity contribution < 1.29 is 4.92 Å². The molecule has 0 atom stereocenters. The minimum atomic E-state index is -0.346. The molecule has 0 aliphatic carbocycles. The number of nitrogens with one attached hydrogen (secondary N) is 1. The van der Waals surface area contributed by atoms with Crippen LogP contribution in [-0.4, -0.2) is 26.2 Å². The number of nitrogens with zero attached hydrogens (tertiary/aromatic N) is 4. The first-order valence-corrected chi connectivity index (χ1v) is 8.12. The molecule has 3 aromatic rings. The lowest BCUT2D eigenvalue weighted by Gasteiger charge is -2.15. The first-order valence-electron chi connectivity index (χ1n) is 8.12. The van der Waals surface area contributed by atoms with Crippen LogP contribution in [0.4, 0.5) is 5.69 Å². The van der Waals surface area contributed by atoms with Crippen LogP contribution in [0.2, 0.25) is 0 Å². The number of nitro benzene ring substituents is 1. The molecule has 2 aromatic heterocycles. The van der Waals surface area contributed by atoms with Crippen molar-refractivity contribution in [3.63, 3.8) is 0 Å². The van der Waals surface area contributed by atoms with Gasteiger partial charge in [-0.15, -0.1) is 0 Å². The average Bonchev–Trinajstić information content (AvgIpc) is 3.02. The van der Waals surface area contributed by atoms with Gasteiger partial charge in [-0.1, -0.05) is 6.07 Å². The van der Waals surface area contributed by atoms with E-state index in [0.29, 0.717) is 12.2 Å². The normalized spacial score (nSPS) is 13.5. The van der Waals surface area contributed by atoms with Gasteiger partial charge in [0.15, 0.2) is 0 Å². The highest BCUT2D eigenvalue weighted by molar-refractivity contribution is 5.66. The zero-order valence-electron chi connectivity index (χ0n) is 13.8. The molecule has 0 radical (unpaired) electrons. The Balaban J connectivity index is 1.95. The van der Waals surface area contributed by atoms with E-state index in [-0.39, 0.29) is 10.6 Å². The first kappa shape index (κ1) is 15.5. The Morgan fingerprint density at radius 2 is 2.20 bits per heavy atom. The number of aromatic nitrogens is 3. The van der Waals surface area contributed by atoms with Crippen molar-refractivity contribution >= 4 is 5.69 Å². The number of benzene rings is 1. The lowest BCUT2D eigenvalue weighted by atomic mass is 10.0. The van der Waals surface area contributed by atoms with E-state index in [0.717, 1.165) is 41.0 Å². The van der Waals surface area contributed by atoms with E-state index < -0.39 is 0 Å². The van der Waals surface area contributed by atoms with Crippen LogP contribution >= 0.6 is 0 Å². The first-order chi connectivity index (χ1) is 12.1. The van der Waals surface area contributed by atoms with Crippen molar-refractivity contribution in [3.05, 3.63) is 69.7 Å². The van der Waals surface area contributed by atoms with E-state index in [1.165, 1.54) is 0 Å². The number of hydrogen-bond acceptors (Lipinski definition) is 5. The Morgan fingerprint density at radius 3 is 2.96 bits per heavy atom. The largest absolute Gasteiger partial charge is 0.312 e. The molecule has 25 heavy (non-hydrogen) atoms. The molecule has 1 aliphatic rings. The minimum absolute atomic E-state index is 0.0709. The topological polar surface area (TPSA) is 85.9 Å². The molecule has 0 saturated carbocycles. The van der Waals surface area contributed by atoms with Crippen molar-refractivity contribution in [1.82, 2.24) is 20.1 Å². The molecule has 1 N–H and O–H groups in total. The number of pyridine rings is 1. The van der Waals surface area contributed by atoms with E-state index >= 15 is 0 Å². The summed E-state index contributed by atoms with van der Waals surface area (Å²) in [5.74, 6) is 0. The molecule has 0 amide bonds. The van der Waals surface area contributed by atoms with Crippen LogP contribution in [0, 0.1) is 17.0 Å². The van der Waals surface area contributed by atoms with Crippen molar-refractivity contribution in [2.24, 2.45) is 0 Å². The summed E-state index contributed by atoms with van der Waals surface area (Å²) in [6, 6.07) is 9.06. The summed E-state index contributed by atoms with van der Waals surface area (Å²) >= 11 is 0. The predicted octanol–water partition coefficient (Wildman–Crippen LogP) is 2.80. The third-order valence-electron chi connectivity index (χ3n) is 4.42. The maximum absolute atomic E-state index is 11.5. The molecule has 126 valence electrons. The quantitative estimate of drug-likeness (QED) is 0.587. The molecule has 1 aromatic carbocycles. The standard InChI is InChI=1S/C18H17N5O2/c1-12-4-5-16(17(9-12)23(24)25)22-15-6-8-20-11-14(15)18(21-22)13-3-2-7-19-10-13/h2-5,7,9-10,20H,6,8,11H2,1H3. The smallest absolute Gasteiger partial charge is 0.295 e. The molecule has 0 unspecified atom stereocenters. The highest BCUT2D eigenvalue weighted by Crippen LogP contribution is 2.32. The van der Waals surface area contributed by atoms with E-state index in [1.807, 2.05) is 25.1 Å². The Bertz CT molecular complexity index is 950. The van der Waals surface area contributed by atoms with Crippen LogP contribution in [0.1, 0.15) is 16.8 Å². The van der Waals surface area contributed by atoms with E-state index in [4.69, 9.17) is 5.10 Å². The molecule has 0 bridgehead atoms. The van der Waals surface area contributed by atoms with Gasteiger partial charge in [-0.05, 0) is 30.7 Å². The lowest BCUT2D eigenvalue weighted by molar-refractivity contribution is -0.384. The Morgan fingerprint density at radius 1 is 1.32 bits per heavy atom. The Kier molecular flexibility index (Phi) is 3.77. The van der Waals surface area contributed by atoms with E-state index in [2.05, 4.69) is 10.3 Å². The molecule has 0 saturated heterocycles. The van der Waals surface area contributed by atoms with Gasteiger partial charge in [0, 0.05) is 49.1 Å². The van der Waals surface area contributed by atoms with Crippen LogP contribution in [0.15, 0.2) is 42.7 Å². The molecule has 0 fully saturated rings. The van der Waals surface area contributed by atoms with Crippen molar-refractivity contribution in [3.8, 4) is 16.9 Å². The molecule has 1 aliphatic heterocycles. The number of aryl methyl sites for hydroxylation is 1. The SMILES string of the molecule is Cc1ccc(-n2nc(-c3cccnc3)c3c2CCNC3)c([N+](=O)[O-])c1. The van der Waals surface area contributed by atoms with E-state index in [9.17, 15) is 10.1 Å². The van der Waals surface area contributed by atoms with Crippen LogP contribution in [0.25, 0.3) is 16.9 Å². The van der Waals surface area contributed by atoms with Gasteiger partial charge < -0.3 is 5.32 Å². The zero-order valence-corrected chi connectivity index (χ0v) is 13.8. The highest BCUT2D eigenvalue weighted by Gasteiger charge is 2.26. The summed E-state index contributed by atoms with van der Waals surface area (Å²) in [5, 5.41) is 19.6. The second-order valence-electron chi connectivity index (χ2n) is 6.10. The third-order valence-corrected chi connectivity index (χ3v) is 4.42. The van der Waals surface area contributed by atoms with Crippen LogP contribution in [0.3, 0.4) is 0 Å². The van der Waals surface area contributed by atoms with Crippen molar-refractivity contribution in [1.29, 1.82) is 0 Å². The van der Waals surface area contributed by atoms with Gasteiger partial charge in [0.2, 0.25) is 0 Å².